The fourth-order valence-electron chi connectivity index (χ4n) is 2.95. The van der Waals surface area contributed by atoms with Crippen molar-refractivity contribution in [3.05, 3.63) is 39.9 Å². The number of fused-ring (bicyclic) bond motifs is 1. The van der Waals surface area contributed by atoms with E-state index >= 15 is 0 Å². The molecule has 0 unspecified atom stereocenters. The molecule has 0 radical (unpaired) electrons. The van der Waals surface area contributed by atoms with Gasteiger partial charge in [0, 0.05) is 18.3 Å². The summed E-state index contributed by atoms with van der Waals surface area (Å²) in [4.78, 5) is 19.6. The molecular formula is C16H21N3O3S2. The summed E-state index contributed by atoms with van der Waals surface area (Å²) in [6.45, 7) is 3.08. The van der Waals surface area contributed by atoms with Crippen LogP contribution in [0.25, 0.3) is 10.9 Å². The van der Waals surface area contributed by atoms with Crippen LogP contribution in [0.4, 0.5) is 0 Å². The van der Waals surface area contributed by atoms with Gasteiger partial charge in [-0.1, -0.05) is 12.1 Å². The Morgan fingerprint density at radius 2 is 2.04 bits per heavy atom. The van der Waals surface area contributed by atoms with Gasteiger partial charge in [0.1, 0.15) is 5.82 Å². The number of rotatable bonds is 4. The monoisotopic (exact) mass is 367 g/mol. The number of nitrogens with zero attached hydrogens (tertiary/aromatic N) is 2. The number of para-hydroxylation sites is 1. The first-order chi connectivity index (χ1) is 11.3. The van der Waals surface area contributed by atoms with Gasteiger partial charge in [-0.2, -0.15) is 11.8 Å². The van der Waals surface area contributed by atoms with Crippen LogP contribution in [0.15, 0.2) is 23.0 Å². The lowest BCUT2D eigenvalue weighted by molar-refractivity contribution is 0.355. The number of sulfonamides is 1. The Morgan fingerprint density at radius 3 is 2.71 bits per heavy atom. The topological polar surface area (TPSA) is 83.1 Å². The molecule has 2 aromatic rings. The average Bonchev–Trinajstić information content (AvgIpc) is 2.53. The van der Waals surface area contributed by atoms with Crippen LogP contribution in [0.5, 0.6) is 0 Å². The van der Waals surface area contributed by atoms with Crippen LogP contribution < -0.4 is 5.56 Å². The molecule has 1 aliphatic rings. The number of thioether (sulfide) groups is 1. The molecule has 130 valence electrons. The third-order valence-electron chi connectivity index (χ3n) is 4.31. The number of hydrogen-bond acceptors (Lipinski definition) is 5. The van der Waals surface area contributed by atoms with Crippen molar-refractivity contribution >= 4 is 32.7 Å². The highest BCUT2D eigenvalue weighted by atomic mass is 32.2. The lowest BCUT2D eigenvalue weighted by Gasteiger charge is -2.29. The van der Waals surface area contributed by atoms with Crippen LogP contribution in [0.1, 0.15) is 24.2 Å². The second-order valence-corrected chi connectivity index (χ2v) is 9.43. The quantitative estimate of drug-likeness (QED) is 0.892. The molecule has 1 aromatic heterocycles. The van der Waals surface area contributed by atoms with Crippen LogP contribution in [0.3, 0.4) is 0 Å². The van der Waals surface area contributed by atoms with E-state index < -0.39 is 10.0 Å². The molecule has 0 amide bonds. The molecule has 0 bridgehead atoms. The van der Waals surface area contributed by atoms with Crippen molar-refractivity contribution in [2.75, 3.05) is 19.3 Å². The van der Waals surface area contributed by atoms with E-state index in [9.17, 15) is 13.2 Å². The zero-order chi connectivity index (χ0) is 17.3. The van der Waals surface area contributed by atoms with Gasteiger partial charge in [-0.25, -0.2) is 17.7 Å². The zero-order valence-electron chi connectivity index (χ0n) is 13.8. The summed E-state index contributed by atoms with van der Waals surface area (Å²) in [6.07, 6.45) is 2.91. The number of H-pyrrole nitrogens is 1. The minimum atomic E-state index is -3.09. The first kappa shape index (κ1) is 17.4. The molecule has 1 fully saturated rings. The lowest BCUT2D eigenvalue weighted by Crippen LogP contribution is -2.38. The number of piperidine rings is 1. The highest BCUT2D eigenvalue weighted by Crippen LogP contribution is 2.26. The molecule has 0 spiro atoms. The van der Waals surface area contributed by atoms with Crippen LogP contribution in [-0.4, -0.2) is 47.3 Å². The number of aromatic nitrogens is 2. The molecule has 0 atom stereocenters. The minimum Gasteiger partial charge on any atom is -0.309 e. The van der Waals surface area contributed by atoms with Crippen molar-refractivity contribution < 1.29 is 8.42 Å². The summed E-state index contributed by atoms with van der Waals surface area (Å²) in [5.41, 5.74) is 1.64. The minimum absolute atomic E-state index is 0.105. The average molecular weight is 367 g/mol. The van der Waals surface area contributed by atoms with Crippen molar-refractivity contribution in [3.8, 4) is 0 Å². The Morgan fingerprint density at radius 1 is 1.33 bits per heavy atom. The van der Waals surface area contributed by atoms with Gasteiger partial charge in [-0.15, -0.1) is 0 Å². The normalized spacial score (nSPS) is 17.4. The van der Waals surface area contributed by atoms with E-state index in [4.69, 9.17) is 0 Å². The van der Waals surface area contributed by atoms with Crippen LogP contribution >= 0.6 is 11.8 Å². The van der Waals surface area contributed by atoms with Gasteiger partial charge in [0.2, 0.25) is 10.0 Å². The van der Waals surface area contributed by atoms with E-state index in [-0.39, 0.29) is 5.56 Å². The Bertz CT molecular complexity index is 900. The number of aromatic amines is 1. The lowest BCUT2D eigenvalue weighted by atomic mass is 10.1. The highest BCUT2D eigenvalue weighted by Gasteiger charge is 2.25. The zero-order valence-corrected chi connectivity index (χ0v) is 15.4. The van der Waals surface area contributed by atoms with Crippen molar-refractivity contribution in [2.24, 2.45) is 0 Å². The summed E-state index contributed by atoms with van der Waals surface area (Å²) < 4.78 is 24.6. The second kappa shape index (κ2) is 6.85. The van der Waals surface area contributed by atoms with E-state index in [0.717, 1.165) is 23.9 Å². The highest BCUT2D eigenvalue weighted by molar-refractivity contribution is 7.99. The fraction of sp³-hybridized carbons (Fsp3) is 0.500. The molecule has 6 nitrogen and oxygen atoms in total. The molecule has 8 heteroatoms. The van der Waals surface area contributed by atoms with Crippen LogP contribution in [0.2, 0.25) is 0 Å². The van der Waals surface area contributed by atoms with Gasteiger partial charge >= 0.3 is 0 Å². The summed E-state index contributed by atoms with van der Waals surface area (Å²) >= 11 is 1.73. The van der Waals surface area contributed by atoms with Gasteiger partial charge in [0.15, 0.2) is 0 Å². The predicted octanol–water partition coefficient (Wildman–Crippen LogP) is 1.89. The maximum Gasteiger partial charge on any atom is 0.258 e. The molecule has 0 saturated carbocycles. The molecule has 2 heterocycles. The van der Waals surface area contributed by atoms with Crippen LogP contribution in [0, 0.1) is 6.92 Å². The molecule has 1 saturated heterocycles. The third kappa shape index (κ3) is 3.81. The molecule has 24 heavy (non-hydrogen) atoms. The fourth-order valence-corrected chi connectivity index (χ4v) is 4.90. The number of benzene rings is 1. The van der Waals surface area contributed by atoms with Gasteiger partial charge in [-0.3, -0.25) is 4.79 Å². The van der Waals surface area contributed by atoms with Gasteiger partial charge in [0.05, 0.1) is 22.9 Å². The van der Waals surface area contributed by atoms with Gasteiger partial charge < -0.3 is 4.98 Å². The summed E-state index contributed by atoms with van der Waals surface area (Å²) in [5.74, 6) is 1.31. The van der Waals surface area contributed by atoms with E-state index in [0.29, 0.717) is 35.3 Å². The summed E-state index contributed by atoms with van der Waals surface area (Å²) in [5, 5.41) is 1.01. The van der Waals surface area contributed by atoms with Gasteiger partial charge in [-0.05, 0) is 31.4 Å². The van der Waals surface area contributed by atoms with Crippen molar-refractivity contribution in [2.45, 2.75) is 30.8 Å². The molecule has 3 rings (SSSR count). The van der Waals surface area contributed by atoms with E-state index in [1.165, 1.54) is 10.6 Å². The van der Waals surface area contributed by atoms with E-state index in [1.54, 1.807) is 17.8 Å². The first-order valence-electron chi connectivity index (χ1n) is 7.90. The van der Waals surface area contributed by atoms with Gasteiger partial charge in [0.25, 0.3) is 5.56 Å². The maximum absolute atomic E-state index is 12.2. The third-order valence-corrected chi connectivity index (χ3v) is 7.00. The van der Waals surface area contributed by atoms with E-state index in [1.807, 2.05) is 19.1 Å². The van der Waals surface area contributed by atoms with E-state index in [2.05, 4.69) is 9.97 Å². The first-order valence-corrected chi connectivity index (χ1v) is 10.8. The van der Waals surface area contributed by atoms with Crippen molar-refractivity contribution in [1.29, 1.82) is 0 Å². The molecule has 0 aliphatic carbocycles. The Balaban J connectivity index is 1.67. The second-order valence-electron chi connectivity index (χ2n) is 6.16. The van der Waals surface area contributed by atoms with Crippen LogP contribution in [-0.2, 0) is 15.8 Å². The van der Waals surface area contributed by atoms with Crippen molar-refractivity contribution in [1.82, 2.24) is 14.3 Å². The Hall–Kier alpha value is -1.38. The Labute approximate surface area is 145 Å². The molecule has 1 N–H and O–H groups in total. The SMILES string of the molecule is Cc1cccc2c(=O)[nH]c(CSC3CCN(S(C)(=O)=O)CC3)nc12. The largest absolute Gasteiger partial charge is 0.309 e. The standard InChI is InChI=1S/C16H21N3O3S2/c1-11-4-3-5-13-15(11)17-14(18-16(13)20)10-23-12-6-8-19(9-7-12)24(2,21)22/h3-5,12H,6-10H2,1-2H3,(H,17,18,20). The number of hydrogen-bond donors (Lipinski definition) is 1. The number of nitrogens with one attached hydrogen (secondary N) is 1. The molecular weight excluding hydrogens is 346 g/mol. The predicted molar refractivity (Wildman–Crippen MR) is 97.8 cm³/mol. The number of aryl methyl sites for hydroxylation is 1. The maximum atomic E-state index is 12.2. The molecule has 1 aromatic carbocycles. The Kier molecular flexibility index (Phi) is 4.98. The smallest absolute Gasteiger partial charge is 0.258 e. The summed E-state index contributed by atoms with van der Waals surface area (Å²) in [6, 6.07) is 5.59. The van der Waals surface area contributed by atoms with Crippen molar-refractivity contribution in [3.63, 3.8) is 0 Å². The molecule has 1 aliphatic heterocycles. The summed E-state index contributed by atoms with van der Waals surface area (Å²) in [7, 11) is -3.09.